The van der Waals surface area contributed by atoms with Gasteiger partial charge in [0.15, 0.2) is 4.73 Å². The van der Waals surface area contributed by atoms with Crippen LogP contribution >= 0.6 is 15.9 Å². The molecule has 7 heteroatoms. The Morgan fingerprint density at radius 1 is 1.33 bits per heavy atom. The quantitative estimate of drug-likeness (QED) is 0.838. The smallest absolute Gasteiger partial charge is 0.240 e. The van der Waals surface area contributed by atoms with Gasteiger partial charge in [0.1, 0.15) is 0 Å². The van der Waals surface area contributed by atoms with Gasteiger partial charge in [0.25, 0.3) is 0 Å². The molecule has 0 amide bonds. The summed E-state index contributed by atoms with van der Waals surface area (Å²) in [6.45, 7) is 5.36. The molecule has 0 unspecified atom stereocenters. The van der Waals surface area contributed by atoms with Crippen LogP contribution in [-0.2, 0) is 11.3 Å². The third kappa shape index (κ3) is 2.90. The number of rotatable bonds is 3. The van der Waals surface area contributed by atoms with E-state index < -0.39 is 0 Å². The molecule has 2 N–H and O–H groups in total. The Morgan fingerprint density at radius 2 is 2.07 bits per heavy atom. The molecule has 1 fully saturated rings. The summed E-state index contributed by atoms with van der Waals surface area (Å²) in [6.07, 6.45) is 0. The zero-order chi connectivity index (χ0) is 10.7. The highest BCUT2D eigenvalue weighted by Gasteiger charge is 2.11. The molecule has 0 radical (unpaired) electrons. The highest BCUT2D eigenvalue weighted by atomic mass is 79.9. The van der Waals surface area contributed by atoms with Crippen LogP contribution in [0.1, 0.15) is 0 Å². The number of halogens is 1. The number of hydrogen-bond donors (Lipinski definition) is 1. The summed E-state index contributed by atoms with van der Waals surface area (Å²) in [6, 6.07) is 0. The topological polar surface area (TPSA) is 69.2 Å². The molecular formula is C8H14BrN5O. The second-order valence-corrected chi connectivity index (χ2v) is 4.13. The second kappa shape index (κ2) is 4.91. The molecule has 15 heavy (non-hydrogen) atoms. The minimum Gasteiger partial charge on any atom is -0.379 e. The van der Waals surface area contributed by atoms with Crippen LogP contribution in [-0.4, -0.2) is 52.5 Å². The van der Waals surface area contributed by atoms with Gasteiger partial charge < -0.3 is 10.5 Å². The first-order chi connectivity index (χ1) is 7.25. The van der Waals surface area contributed by atoms with Crippen LogP contribution in [0.4, 0.5) is 5.95 Å². The Kier molecular flexibility index (Phi) is 3.55. The summed E-state index contributed by atoms with van der Waals surface area (Å²) in [5, 5.41) is 4.07. The molecule has 2 rings (SSSR count). The number of nitrogens with two attached hydrogens (primary N) is 1. The first kappa shape index (κ1) is 10.8. The lowest BCUT2D eigenvalue weighted by Gasteiger charge is -2.26. The summed E-state index contributed by atoms with van der Waals surface area (Å²) in [4.78, 5) is 6.32. The molecule has 1 aliphatic heterocycles. The second-order valence-electron chi connectivity index (χ2n) is 3.42. The van der Waals surface area contributed by atoms with Gasteiger partial charge in [-0.05, 0) is 15.9 Å². The molecule has 2 heterocycles. The third-order valence-corrected chi connectivity index (χ3v) is 2.96. The van der Waals surface area contributed by atoms with Crippen LogP contribution in [0.2, 0.25) is 0 Å². The van der Waals surface area contributed by atoms with E-state index in [0.717, 1.165) is 39.4 Å². The zero-order valence-corrected chi connectivity index (χ0v) is 9.98. The molecule has 6 nitrogen and oxygen atoms in total. The Morgan fingerprint density at radius 3 is 2.67 bits per heavy atom. The van der Waals surface area contributed by atoms with Crippen LogP contribution < -0.4 is 5.73 Å². The van der Waals surface area contributed by atoms with Crippen molar-refractivity contribution in [1.82, 2.24) is 19.7 Å². The van der Waals surface area contributed by atoms with Crippen LogP contribution in [0.3, 0.4) is 0 Å². The lowest BCUT2D eigenvalue weighted by molar-refractivity contribution is 0.0359. The molecular weight excluding hydrogens is 262 g/mol. The van der Waals surface area contributed by atoms with Gasteiger partial charge in [-0.2, -0.15) is 4.98 Å². The fourth-order valence-electron chi connectivity index (χ4n) is 1.54. The van der Waals surface area contributed by atoms with Crippen molar-refractivity contribution in [3.63, 3.8) is 0 Å². The van der Waals surface area contributed by atoms with Crippen molar-refractivity contribution in [2.24, 2.45) is 0 Å². The monoisotopic (exact) mass is 275 g/mol. The van der Waals surface area contributed by atoms with E-state index in [4.69, 9.17) is 10.5 Å². The van der Waals surface area contributed by atoms with Crippen molar-refractivity contribution in [3.8, 4) is 0 Å². The number of ether oxygens (including phenoxy) is 1. The Bertz CT molecular complexity index is 323. The first-order valence-corrected chi connectivity index (χ1v) is 5.71. The maximum Gasteiger partial charge on any atom is 0.240 e. The van der Waals surface area contributed by atoms with Crippen LogP contribution in [0.25, 0.3) is 0 Å². The van der Waals surface area contributed by atoms with Crippen molar-refractivity contribution in [3.05, 3.63) is 4.73 Å². The van der Waals surface area contributed by atoms with Gasteiger partial charge in [0.2, 0.25) is 5.95 Å². The van der Waals surface area contributed by atoms with Crippen LogP contribution in [0.5, 0.6) is 0 Å². The molecule has 0 atom stereocenters. The van der Waals surface area contributed by atoms with Crippen LogP contribution in [0.15, 0.2) is 4.73 Å². The normalized spacial score (nSPS) is 18.2. The standard InChI is InChI=1S/C8H14BrN5O/c9-7-11-8(10)12-14(7)2-1-13-3-5-15-6-4-13/h1-6H2,(H2,10,12). The lowest BCUT2D eigenvalue weighted by atomic mass is 10.4. The molecule has 1 aromatic heterocycles. The number of hydrogen-bond acceptors (Lipinski definition) is 5. The third-order valence-electron chi connectivity index (χ3n) is 2.37. The fourth-order valence-corrected chi connectivity index (χ4v) is 1.98. The van der Waals surface area contributed by atoms with Crippen molar-refractivity contribution < 1.29 is 4.74 Å². The largest absolute Gasteiger partial charge is 0.379 e. The van der Waals surface area contributed by atoms with E-state index in [1.807, 2.05) is 0 Å². The summed E-state index contributed by atoms with van der Waals surface area (Å²) in [7, 11) is 0. The molecule has 0 saturated carbocycles. The van der Waals surface area contributed by atoms with E-state index in [1.54, 1.807) is 4.68 Å². The SMILES string of the molecule is Nc1nc(Br)n(CCN2CCOCC2)n1. The molecule has 1 saturated heterocycles. The van der Waals surface area contributed by atoms with Crippen molar-refractivity contribution >= 4 is 21.9 Å². The van der Waals surface area contributed by atoms with E-state index in [1.165, 1.54) is 0 Å². The average Bonchev–Trinajstić information content (AvgIpc) is 2.56. The Hall–Kier alpha value is -0.660. The molecule has 1 aliphatic rings. The number of morpholine rings is 1. The highest BCUT2D eigenvalue weighted by Crippen LogP contribution is 2.08. The molecule has 1 aromatic rings. The van der Waals surface area contributed by atoms with Crippen molar-refractivity contribution in [2.75, 3.05) is 38.6 Å². The maximum absolute atomic E-state index is 5.48. The van der Waals surface area contributed by atoms with Gasteiger partial charge in [-0.25, -0.2) is 4.68 Å². The summed E-state index contributed by atoms with van der Waals surface area (Å²) in [5.74, 6) is 0.309. The Balaban J connectivity index is 1.84. The van der Waals surface area contributed by atoms with E-state index >= 15 is 0 Å². The van der Waals surface area contributed by atoms with Gasteiger partial charge in [-0.3, -0.25) is 4.90 Å². The molecule has 84 valence electrons. The number of nitrogen functional groups attached to an aromatic ring is 1. The minimum absolute atomic E-state index is 0.309. The van der Waals surface area contributed by atoms with Crippen molar-refractivity contribution in [1.29, 1.82) is 0 Å². The first-order valence-electron chi connectivity index (χ1n) is 4.91. The summed E-state index contributed by atoms with van der Waals surface area (Å²) >= 11 is 3.31. The summed E-state index contributed by atoms with van der Waals surface area (Å²) < 4.78 is 7.73. The van der Waals surface area contributed by atoms with Gasteiger partial charge in [-0.1, -0.05) is 0 Å². The summed E-state index contributed by atoms with van der Waals surface area (Å²) in [5.41, 5.74) is 5.48. The fraction of sp³-hybridized carbons (Fsp3) is 0.750. The average molecular weight is 276 g/mol. The van der Waals surface area contributed by atoms with E-state index in [9.17, 15) is 0 Å². The molecule has 0 spiro atoms. The van der Waals surface area contributed by atoms with E-state index in [-0.39, 0.29) is 0 Å². The van der Waals surface area contributed by atoms with Gasteiger partial charge in [0.05, 0.1) is 19.8 Å². The highest BCUT2D eigenvalue weighted by molar-refractivity contribution is 9.10. The Labute approximate surface area is 96.5 Å². The molecule has 0 aromatic carbocycles. The number of aromatic nitrogens is 3. The minimum atomic E-state index is 0.309. The predicted molar refractivity (Wildman–Crippen MR) is 59.4 cm³/mol. The maximum atomic E-state index is 5.48. The van der Waals surface area contributed by atoms with Crippen molar-refractivity contribution in [2.45, 2.75) is 6.54 Å². The van der Waals surface area contributed by atoms with Gasteiger partial charge >= 0.3 is 0 Å². The van der Waals surface area contributed by atoms with E-state index in [0.29, 0.717) is 10.7 Å². The van der Waals surface area contributed by atoms with Gasteiger partial charge in [-0.15, -0.1) is 5.10 Å². The molecule has 0 aliphatic carbocycles. The number of nitrogens with zero attached hydrogens (tertiary/aromatic N) is 4. The lowest BCUT2D eigenvalue weighted by Crippen LogP contribution is -2.38. The number of anilines is 1. The van der Waals surface area contributed by atoms with Crippen LogP contribution in [0, 0.1) is 0 Å². The zero-order valence-electron chi connectivity index (χ0n) is 8.40. The van der Waals surface area contributed by atoms with Gasteiger partial charge in [0, 0.05) is 19.6 Å². The van der Waals surface area contributed by atoms with E-state index in [2.05, 4.69) is 30.9 Å². The predicted octanol–water partition coefficient (Wildman–Crippen LogP) is -0.0450. The molecule has 0 bridgehead atoms.